The Morgan fingerprint density at radius 3 is 2.43 bits per heavy atom. The normalized spacial score (nSPS) is 15.1. The second-order valence-corrected chi connectivity index (χ2v) is 8.11. The molecule has 8 heteroatoms. The molecule has 1 aromatic carbocycles. The summed E-state index contributed by atoms with van der Waals surface area (Å²) in [5.74, 6) is 0.864. The second kappa shape index (κ2) is 9.48. The monoisotopic (exact) mass is 400 g/mol. The fourth-order valence-corrected chi connectivity index (χ4v) is 3.78. The van der Waals surface area contributed by atoms with E-state index in [9.17, 15) is 13.2 Å². The van der Waals surface area contributed by atoms with Crippen LogP contribution in [0.15, 0.2) is 60.1 Å². The molecule has 0 spiro atoms. The first-order valence-corrected chi connectivity index (χ1v) is 10.7. The lowest BCUT2D eigenvalue weighted by Crippen LogP contribution is -2.49. The maximum Gasteiger partial charge on any atom is 0.233 e. The number of anilines is 1. The van der Waals surface area contributed by atoms with Crippen molar-refractivity contribution in [2.24, 2.45) is 0 Å². The van der Waals surface area contributed by atoms with Gasteiger partial charge in [0.05, 0.1) is 0 Å². The molecular formula is C20H24N4O3S. The van der Waals surface area contributed by atoms with Crippen LogP contribution >= 0.6 is 0 Å². The molecule has 1 N–H and O–H groups in total. The van der Waals surface area contributed by atoms with Gasteiger partial charge < -0.3 is 9.80 Å². The van der Waals surface area contributed by atoms with Gasteiger partial charge in [0.2, 0.25) is 15.9 Å². The number of carbonyl (C=O) groups is 1. The second-order valence-electron chi connectivity index (χ2n) is 6.46. The number of hydrogen-bond acceptors (Lipinski definition) is 5. The number of sulfonamides is 1. The molecule has 0 saturated carbocycles. The van der Waals surface area contributed by atoms with E-state index in [2.05, 4.69) is 14.6 Å². The van der Waals surface area contributed by atoms with Gasteiger partial charge in [0, 0.05) is 50.7 Å². The Morgan fingerprint density at radius 1 is 1.04 bits per heavy atom. The molecule has 1 amide bonds. The quantitative estimate of drug-likeness (QED) is 0.765. The molecule has 0 atom stereocenters. The molecule has 2 aromatic rings. The van der Waals surface area contributed by atoms with E-state index in [1.54, 1.807) is 11.1 Å². The Balaban J connectivity index is 1.41. The minimum Gasteiger partial charge on any atom is -0.353 e. The third kappa shape index (κ3) is 5.90. The molecule has 1 aliphatic heterocycles. The molecule has 3 rings (SSSR count). The average molecular weight is 401 g/mol. The Morgan fingerprint density at radius 2 is 1.75 bits per heavy atom. The fraction of sp³-hybridized carbons (Fsp3) is 0.300. The Labute approximate surface area is 165 Å². The largest absolute Gasteiger partial charge is 0.353 e. The number of nitrogens with one attached hydrogen (secondary N) is 1. The van der Waals surface area contributed by atoms with Crippen molar-refractivity contribution in [2.75, 3.05) is 37.6 Å². The first-order chi connectivity index (χ1) is 13.5. The van der Waals surface area contributed by atoms with Gasteiger partial charge in [0.25, 0.3) is 0 Å². The van der Waals surface area contributed by atoms with E-state index in [0.29, 0.717) is 26.2 Å². The van der Waals surface area contributed by atoms with Gasteiger partial charge in [-0.25, -0.2) is 18.1 Å². The lowest BCUT2D eigenvalue weighted by Gasteiger charge is -2.35. The van der Waals surface area contributed by atoms with E-state index in [4.69, 9.17) is 0 Å². The molecule has 7 nitrogen and oxygen atoms in total. The highest BCUT2D eigenvalue weighted by Gasteiger charge is 2.21. The number of rotatable bonds is 7. The summed E-state index contributed by atoms with van der Waals surface area (Å²) in [5, 5.41) is 1.12. The number of carbonyl (C=O) groups excluding carboxylic acids is 1. The zero-order chi connectivity index (χ0) is 19.8. The molecular weight excluding hydrogens is 376 g/mol. The van der Waals surface area contributed by atoms with E-state index < -0.39 is 10.0 Å². The van der Waals surface area contributed by atoms with Crippen LogP contribution in [0.3, 0.4) is 0 Å². The molecule has 2 heterocycles. The summed E-state index contributed by atoms with van der Waals surface area (Å²) in [4.78, 5) is 20.6. The van der Waals surface area contributed by atoms with E-state index in [1.807, 2.05) is 48.5 Å². The predicted octanol–water partition coefficient (Wildman–Crippen LogP) is 1.71. The zero-order valence-corrected chi connectivity index (χ0v) is 16.4. The molecule has 0 unspecified atom stereocenters. The van der Waals surface area contributed by atoms with Gasteiger partial charge in [0.15, 0.2) is 0 Å². The van der Waals surface area contributed by atoms with E-state index in [0.717, 1.165) is 16.8 Å². The number of pyridine rings is 1. The van der Waals surface area contributed by atoms with Gasteiger partial charge in [-0.05, 0) is 23.8 Å². The summed E-state index contributed by atoms with van der Waals surface area (Å²) in [6.45, 7) is 2.73. The number of amides is 1. The van der Waals surface area contributed by atoms with E-state index in [-0.39, 0.29) is 18.9 Å². The van der Waals surface area contributed by atoms with Gasteiger partial charge >= 0.3 is 0 Å². The van der Waals surface area contributed by atoms with Crippen molar-refractivity contribution in [1.82, 2.24) is 14.6 Å². The number of hydrogen-bond donors (Lipinski definition) is 1. The van der Waals surface area contributed by atoms with Gasteiger partial charge in [-0.3, -0.25) is 4.79 Å². The average Bonchev–Trinajstić information content (AvgIpc) is 2.74. The first-order valence-electron chi connectivity index (χ1n) is 9.20. The summed E-state index contributed by atoms with van der Waals surface area (Å²) in [6, 6.07) is 15.0. The molecule has 1 aliphatic rings. The minimum atomic E-state index is -3.57. The van der Waals surface area contributed by atoms with Crippen LogP contribution in [0, 0.1) is 0 Å². The van der Waals surface area contributed by atoms with Crippen molar-refractivity contribution in [1.29, 1.82) is 0 Å². The van der Waals surface area contributed by atoms with Crippen molar-refractivity contribution in [3.05, 3.63) is 65.7 Å². The number of benzene rings is 1. The van der Waals surface area contributed by atoms with Gasteiger partial charge in [-0.15, -0.1) is 0 Å². The summed E-state index contributed by atoms with van der Waals surface area (Å²) < 4.78 is 26.5. The number of piperazine rings is 1. The molecule has 0 radical (unpaired) electrons. The van der Waals surface area contributed by atoms with Crippen LogP contribution in [0.5, 0.6) is 0 Å². The van der Waals surface area contributed by atoms with E-state index in [1.165, 1.54) is 6.08 Å². The summed E-state index contributed by atoms with van der Waals surface area (Å²) in [5.41, 5.74) is 0.801. The van der Waals surface area contributed by atoms with E-state index >= 15 is 0 Å². The maximum atomic E-state index is 12.3. The Kier molecular flexibility index (Phi) is 6.78. The topological polar surface area (TPSA) is 82.6 Å². The molecule has 1 aromatic heterocycles. The van der Waals surface area contributed by atoms with Gasteiger partial charge in [-0.2, -0.15) is 0 Å². The zero-order valence-electron chi connectivity index (χ0n) is 15.6. The van der Waals surface area contributed by atoms with Crippen LogP contribution in [0.2, 0.25) is 0 Å². The molecule has 1 saturated heterocycles. The van der Waals surface area contributed by atoms with Crippen molar-refractivity contribution in [2.45, 2.75) is 6.42 Å². The highest BCUT2D eigenvalue weighted by Crippen LogP contribution is 2.13. The first kappa shape index (κ1) is 20.0. The lowest BCUT2D eigenvalue weighted by molar-refractivity contribution is -0.131. The lowest BCUT2D eigenvalue weighted by atomic mass is 10.2. The Bertz CT molecular complexity index is 894. The third-order valence-electron chi connectivity index (χ3n) is 4.49. The summed E-state index contributed by atoms with van der Waals surface area (Å²) in [6.07, 6.45) is 3.42. The van der Waals surface area contributed by atoms with Crippen molar-refractivity contribution in [3.8, 4) is 0 Å². The van der Waals surface area contributed by atoms with Crippen LogP contribution in [0.1, 0.15) is 12.0 Å². The summed E-state index contributed by atoms with van der Waals surface area (Å²) in [7, 11) is -3.57. The number of nitrogens with zero attached hydrogens (tertiary/aromatic N) is 3. The highest BCUT2D eigenvalue weighted by atomic mass is 32.2. The molecule has 148 valence electrons. The molecule has 28 heavy (non-hydrogen) atoms. The van der Waals surface area contributed by atoms with Crippen molar-refractivity contribution < 1.29 is 13.2 Å². The van der Waals surface area contributed by atoms with Crippen LogP contribution < -0.4 is 9.62 Å². The van der Waals surface area contributed by atoms with Crippen molar-refractivity contribution in [3.63, 3.8) is 0 Å². The standard InChI is InChI=1S/C20H24N4O3S/c25-20(24-15-13-23(14-16-24)19-8-4-5-11-21-19)9-12-22-28(26,27)17-10-18-6-2-1-3-7-18/h1-8,10-11,17,22H,9,12-16H2. The van der Waals surface area contributed by atoms with Crippen molar-refractivity contribution >= 4 is 27.8 Å². The van der Waals surface area contributed by atoms with Gasteiger partial charge in [0.1, 0.15) is 5.82 Å². The highest BCUT2D eigenvalue weighted by molar-refractivity contribution is 7.92. The Hall–Kier alpha value is -2.71. The van der Waals surface area contributed by atoms with Crippen LogP contribution in [-0.2, 0) is 14.8 Å². The predicted molar refractivity (Wildman–Crippen MR) is 110 cm³/mol. The van der Waals surface area contributed by atoms with Crippen LogP contribution in [-0.4, -0.2) is 56.9 Å². The van der Waals surface area contributed by atoms with Gasteiger partial charge in [-0.1, -0.05) is 36.4 Å². The smallest absolute Gasteiger partial charge is 0.233 e. The molecule has 0 aliphatic carbocycles. The number of aromatic nitrogens is 1. The maximum absolute atomic E-state index is 12.3. The fourth-order valence-electron chi connectivity index (χ4n) is 2.96. The summed E-state index contributed by atoms with van der Waals surface area (Å²) >= 11 is 0. The molecule has 0 bridgehead atoms. The van der Waals surface area contributed by atoms with Crippen LogP contribution in [0.25, 0.3) is 6.08 Å². The molecule has 1 fully saturated rings. The third-order valence-corrected chi connectivity index (χ3v) is 5.59. The minimum absolute atomic E-state index is 0.0459. The SMILES string of the molecule is O=C(CCNS(=O)(=O)C=Cc1ccccc1)N1CCN(c2ccccn2)CC1. The van der Waals surface area contributed by atoms with Crippen LogP contribution in [0.4, 0.5) is 5.82 Å².